The predicted octanol–water partition coefficient (Wildman–Crippen LogP) is 3.81. The monoisotopic (exact) mass is 428 g/mol. The normalized spacial score (nSPS) is 22.6. The van der Waals surface area contributed by atoms with Crippen LogP contribution in [0.3, 0.4) is 0 Å². The van der Waals surface area contributed by atoms with Crippen LogP contribution in [0.2, 0.25) is 0 Å². The summed E-state index contributed by atoms with van der Waals surface area (Å²) >= 11 is 0. The summed E-state index contributed by atoms with van der Waals surface area (Å²) in [6.07, 6.45) is 6.25. The van der Waals surface area contributed by atoms with Crippen molar-refractivity contribution in [1.29, 1.82) is 0 Å². The van der Waals surface area contributed by atoms with E-state index in [2.05, 4.69) is 15.5 Å². The summed E-state index contributed by atoms with van der Waals surface area (Å²) in [5.41, 5.74) is 0.531. The molecule has 2 amide bonds. The third-order valence-electron chi connectivity index (χ3n) is 6.28. The van der Waals surface area contributed by atoms with Crippen molar-refractivity contribution in [3.05, 3.63) is 35.9 Å². The molecule has 2 atom stereocenters. The highest BCUT2D eigenvalue weighted by atomic mass is 19.1. The third-order valence-corrected chi connectivity index (χ3v) is 6.28. The Morgan fingerprint density at radius 2 is 1.94 bits per heavy atom. The number of rotatable bonds is 5. The van der Waals surface area contributed by atoms with Crippen LogP contribution in [0, 0.1) is 17.7 Å². The van der Waals surface area contributed by atoms with E-state index in [9.17, 15) is 14.0 Å². The molecular weight excluding hydrogens is 399 g/mol. The minimum Gasteiger partial charge on any atom is -0.350 e. The average Bonchev–Trinajstić information content (AvgIpc) is 3.25. The minimum absolute atomic E-state index is 0.0522. The van der Waals surface area contributed by atoms with E-state index in [4.69, 9.17) is 4.52 Å². The molecule has 1 N–H and O–H groups in total. The molecule has 166 valence electrons. The summed E-state index contributed by atoms with van der Waals surface area (Å²) in [5, 5.41) is 7.05. The number of nitrogens with zero attached hydrogens (tertiary/aromatic N) is 3. The number of hydrogen-bond donors (Lipinski definition) is 1. The number of carbonyl (C=O) groups is 2. The fraction of sp³-hybridized carbons (Fsp3) is 0.565. The van der Waals surface area contributed by atoms with Crippen molar-refractivity contribution in [2.75, 3.05) is 6.54 Å². The van der Waals surface area contributed by atoms with E-state index in [1.54, 1.807) is 4.90 Å². The molecule has 0 radical (unpaired) electrons. The number of halogens is 1. The second-order valence-corrected chi connectivity index (χ2v) is 9.05. The Hall–Kier alpha value is -2.77. The first-order valence-electron chi connectivity index (χ1n) is 11.1. The van der Waals surface area contributed by atoms with Crippen LogP contribution < -0.4 is 5.32 Å². The van der Waals surface area contributed by atoms with Gasteiger partial charge >= 0.3 is 0 Å². The van der Waals surface area contributed by atoms with Gasteiger partial charge in [-0.1, -0.05) is 38.3 Å². The quantitative estimate of drug-likeness (QED) is 0.782. The van der Waals surface area contributed by atoms with Gasteiger partial charge in [-0.3, -0.25) is 9.59 Å². The van der Waals surface area contributed by atoms with Gasteiger partial charge in [0.25, 0.3) is 17.6 Å². The van der Waals surface area contributed by atoms with Crippen molar-refractivity contribution in [2.45, 2.75) is 64.5 Å². The van der Waals surface area contributed by atoms with E-state index in [0.717, 1.165) is 25.7 Å². The number of nitrogens with one attached hydrogen (secondary N) is 1. The summed E-state index contributed by atoms with van der Waals surface area (Å²) < 4.78 is 18.4. The van der Waals surface area contributed by atoms with Gasteiger partial charge in [-0.25, -0.2) is 4.39 Å². The van der Waals surface area contributed by atoms with E-state index in [1.165, 1.54) is 30.7 Å². The van der Waals surface area contributed by atoms with Gasteiger partial charge in [-0.15, -0.1) is 0 Å². The first kappa shape index (κ1) is 21.5. The number of carbonyl (C=O) groups excluding carboxylic acids is 2. The Morgan fingerprint density at radius 3 is 2.61 bits per heavy atom. The molecular formula is C23H29FN4O3. The van der Waals surface area contributed by atoms with Gasteiger partial charge < -0.3 is 14.7 Å². The number of amides is 2. The Kier molecular flexibility index (Phi) is 6.34. The van der Waals surface area contributed by atoms with Gasteiger partial charge in [0.1, 0.15) is 11.9 Å². The lowest BCUT2D eigenvalue weighted by Crippen LogP contribution is -2.63. The molecule has 1 aliphatic heterocycles. The van der Waals surface area contributed by atoms with Crippen molar-refractivity contribution in [1.82, 2.24) is 20.4 Å². The second-order valence-electron chi connectivity index (χ2n) is 9.05. The Morgan fingerprint density at radius 1 is 1.23 bits per heavy atom. The lowest BCUT2D eigenvalue weighted by molar-refractivity contribution is -0.131. The molecule has 1 saturated carbocycles. The Labute approximate surface area is 181 Å². The van der Waals surface area contributed by atoms with Crippen molar-refractivity contribution in [3.63, 3.8) is 0 Å². The molecule has 2 aliphatic rings. The molecule has 0 spiro atoms. The summed E-state index contributed by atoms with van der Waals surface area (Å²) in [5.74, 6) is -0.182. The third kappa shape index (κ3) is 4.78. The molecule has 2 heterocycles. The Bertz CT molecular complexity index is 921. The highest BCUT2D eigenvalue weighted by Gasteiger charge is 2.41. The van der Waals surface area contributed by atoms with Gasteiger partial charge in [0.15, 0.2) is 0 Å². The number of benzene rings is 1. The maximum atomic E-state index is 13.4. The maximum absolute atomic E-state index is 13.4. The van der Waals surface area contributed by atoms with Crippen LogP contribution in [-0.2, 0) is 4.79 Å². The molecule has 1 aliphatic carbocycles. The zero-order chi connectivity index (χ0) is 22.0. The Balaban J connectivity index is 1.57. The summed E-state index contributed by atoms with van der Waals surface area (Å²) in [6, 6.07) is 5.02. The highest BCUT2D eigenvalue weighted by Crippen LogP contribution is 2.30. The largest absolute Gasteiger partial charge is 0.350 e. The molecule has 31 heavy (non-hydrogen) atoms. The van der Waals surface area contributed by atoms with E-state index >= 15 is 0 Å². The SMILES string of the molecule is CC(C)C[C@H]1C(=O)N[C@@H](C2CCCCC2)CN1C(=O)c1noc(-c2ccc(F)cc2)n1. The lowest BCUT2D eigenvalue weighted by Gasteiger charge is -2.43. The van der Waals surface area contributed by atoms with Gasteiger partial charge in [-0.05, 0) is 55.4 Å². The molecule has 1 aromatic carbocycles. The topological polar surface area (TPSA) is 88.3 Å². The van der Waals surface area contributed by atoms with Crippen LogP contribution in [0.1, 0.15) is 63.0 Å². The average molecular weight is 429 g/mol. The number of piperazine rings is 1. The van der Waals surface area contributed by atoms with Crippen molar-refractivity contribution in [2.24, 2.45) is 11.8 Å². The molecule has 1 saturated heterocycles. The van der Waals surface area contributed by atoms with Crippen LogP contribution in [0.5, 0.6) is 0 Å². The summed E-state index contributed by atoms with van der Waals surface area (Å²) in [7, 11) is 0. The number of hydrogen-bond acceptors (Lipinski definition) is 5. The van der Waals surface area contributed by atoms with Crippen molar-refractivity contribution >= 4 is 11.8 Å². The fourth-order valence-electron chi connectivity index (χ4n) is 4.66. The van der Waals surface area contributed by atoms with Gasteiger partial charge in [0.05, 0.1) is 0 Å². The van der Waals surface area contributed by atoms with Gasteiger partial charge in [-0.2, -0.15) is 4.98 Å². The summed E-state index contributed by atoms with van der Waals surface area (Å²) in [4.78, 5) is 32.2. The molecule has 0 bridgehead atoms. The van der Waals surface area contributed by atoms with Crippen LogP contribution in [0.25, 0.3) is 11.5 Å². The molecule has 0 unspecified atom stereocenters. The van der Waals surface area contributed by atoms with Crippen LogP contribution in [0.15, 0.2) is 28.8 Å². The first-order chi connectivity index (χ1) is 14.9. The number of aromatic nitrogens is 2. The van der Waals surface area contributed by atoms with E-state index in [1.807, 2.05) is 13.8 Å². The van der Waals surface area contributed by atoms with Crippen LogP contribution in [0.4, 0.5) is 4.39 Å². The molecule has 1 aromatic heterocycles. The van der Waals surface area contributed by atoms with E-state index < -0.39 is 11.9 Å². The molecule has 8 heteroatoms. The zero-order valence-corrected chi connectivity index (χ0v) is 18.0. The molecule has 2 aromatic rings. The van der Waals surface area contributed by atoms with E-state index in [0.29, 0.717) is 24.4 Å². The second kappa shape index (κ2) is 9.16. The van der Waals surface area contributed by atoms with Crippen LogP contribution >= 0.6 is 0 Å². The van der Waals surface area contributed by atoms with Gasteiger partial charge in [0, 0.05) is 18.2 Å². The zero-order valence-electron chi connectivity index (χ0n) is 18.0. The van der Waals surface area contributed by atoms with Crippen molar-refractivity contribution < 1.29 is 18.5 Å². The fourth-order valence-corrected chi connectivity index (χ4v) is 4.66. The summed E-state index contributed by atoms with van der Waals surface area (Å²) in [6.45, 7) is 4.52. The first-order valence-corrected chi connectivity index (χ1v) is 11.1. The molecule has 4 rings (SSSR count). The molecule has 7 nitrogen and oxygen atoms in total. The van der Waals surface area contributed by atoms with Crippen LogP contribution in [-0.4, -0.2) is 45.5 Å². The predicted molar refractivity (Wildman–Crippen MR) is 112 cm³/mol. The highest BCUT2D eigenvalue weighted by molar-refractivity contribution is 5.96. The molecule has 2 fully saturated rings. The smallest absolute Gasteiger partial charge is 0.296 e. The lowest BCUT2D eigenvalue weighted by atomic mass is 9.82. The minimum atomic E-state index is -0.555. The van der Waals surface area contributed by atoms with E-state index in [-0.39, 0.29) is 35.4 Å². The van der Waals surface area contributed by atoms with Gasteiger partial charge in [0.2, 0.25) is 5.91 Å². The van der Waals surface area contributed by atoms with Crippen molar-refractivity contribution in [3.8, 4) is 11.5 Å². The maximum Gasteiger partial charge on any atom is 0.296 e. The standard InChI is InChI=1S/C23H29FN4O3/c1-14(2)12-19-21(29)25-18(15-6-4-3-5-7-15)13-28(19)23(30)20-26-22(31-27-20)16-8-10-17(24)11-9-16/h8-11,14-15,18-19H,3-7,12-13H2,1-2H3,(H,25,29)/t18-,19+/m1/s1.